The molecule has 0 saturated carbocycles. The molecule has 1 aromatic heterocycles. The van der Waals surface area contributed by atoms with Crippen LogP contribution in [-0.4, -0.2) is 25.4 Å². The number of hydrogen-bond donors (Lipinski definition) is 1. The Hall–Kier alpha value is -2.29. The molecule has 3 rings (SSSR count). The Morgan fingerprint density at radius 3 is 2.38 bits per heavy atom. The van der Waals surface area contributed by atoms with Crippen LogP contribution in [0.15, 0.2) is 35.2 Å². The molecule has 0 fully saturated rings. The van der Waals surface area contributed by atoms with E-state index in [4.69, 9.17) is 4.74 Å². The molecule has 154 valence electrons. The molecule has 0 saturated heterocycles. The first-order valence-corrected chi connectivity index (χ1v) is 11.5. The number of aryl methyl sites for hydroxylation is 2. The van der Waals surface area contributed by atoms with Crippen LogP contribution in [0.1, 0.15) is 34.2 Å². The third-order valence-corrected chi connectivity index (χ3v) is 7.75. The number of para-hydroxylation sites is 1. The Bertz CT molecular complexity index is 1120. The molecule has 29 heavy (non-hydrogen) atoms. The third kappa shape index (κ3) is 4.49. The molecule has 0 amide bonds. The number of esters is 1. The predicted octanol–water partition coefficient (Wildman–Crippen LogP) is 3.94. The van der Waals surface area contributed by atoms with Gasteiger partial charge in [-0.1, -0.05) is 18.2 Å². The van der Waals surface area contributed by atoms with Gasteiger partial charge in [0.2, 0.25) is 10.0 Å². The Kier molecular flexibility index (Phi) is 6.07. The second-order valence-corrected chi connectivity index (χ2v) is 9.88. The maximum absolute atomic E-state index is 13.0. The van der Waals surface area contributed by atoms with E-state index in [0.717, 1.165) is 21.3 Å². The van der Waals surface area contributed by atoms with Crippen molar-refractivity contribution in [1.82, 2.24) is 9.71 Å². The predicted molar refractivity (Wildman–Crippen MR) is 115 cm³/mol. The minimum Gasteiger partial charge on any atom is -0.457 e. The van der Waals surface area contributed by atoms with Crippen molar-refractivity contribution >= 4 is 37.5 Å². The maximum atomic E-state index is 13.0. The third-order valence-electron chi connectivity index (χ3n) is 4.93. The molecule has 2 aromatic carbocycles. The van der Waals surface area contributed by atoms with Crippen molar-refractivity contribution in [3.05, 3.63) is 57.6 Å². The molecule has 3 aromatic rings. The Morgan fingerprint density at radius 2 is 1.76 bits per heavy atom. The minimum atomic E-state index is -3.88. The first-order chi connectivity index (χ1) is 13.6. The van der Waals surface area contributed by atoms with Gasteiger partial charge in [0.25, 0.3) is 0 Å². The zero-order valence-corrected chi connectivity index (χ0v) is 18.7. The zero-order valence-electron chi connectivity index (χ0n) is 17.1. The van der Waals surface area contributed by atoms with E-state index < -0.39 is 22.0 Å². The maximum Gasteiger partial charge on any atom is 0.324 e. The van der Waals surface area contributed by atoms with Gasteiger partial charge in [0.05, 0.1) is 15.1 Å². The van der Waals surface area contributed by atoms with Gasteiger partial charge in [-0.2, -0.15) is 4.72 Å². The summed E-state index contributed by atoms with van der Waals surface area (Å²) in [7, 11) is -3.88. The van der Waals surface area contributed by atoms with Crippen molar-refractivity contribution in [3.63, 3.8) is 0 Å². The van der Waals surface area contributed by atoms with Crippen LogP contribution in [0.3, 0.4) is 0 Å². The number of carbonyl (C=O) groups is 1. The van der Waals surface area contributed by atoms with Crippen LogP contribution >= 0.6 is 11.3 Å². The van der Waals surface area contributed by atoms with Gasteiger partial charge in [0.15, 0.2) is 0 Å². The normalized spacial score (nSPS) is 12.9. The van der Waals surface area contributed by atoms with Gasteiger partial charge >= 0.3 is 5.97 Å². The topological polar surface area (TPSA) is 85.4 Å². The summed E-state index contributed by atoms with van der Waals surface area (Å²) < 4.78 is 34.7. The van der Waals surface area contributed by atoms with E-state index in [1.54, 1.807) is 13.8 Å². The lowest BCUT2D eigenvalue weighted by Crippen LogP contribution is -2.40. The number of benzene rings is 2. The van der Waals surface area contributed by atoms with E-state index in [1.807, 2.05) is 44.2 Å². The molecule has 6 nitrogen and oxygen atoms in total. The summed E-state index contributed by atoms with van der Waals surface area (Å²) in [6.07, 6.45) is 0. The molecule has 0 unspecified atom stereocenters. The van der Waals surface area contributed by atoms with Crippen molar-refractivity contribution in [3.8, 4) is 0 Å². The molecule has 0 aliphatic rings. The number of aromatic nitrogens is 1. The highest BCUT2D eigenvalue weighted by molar-refractivity contribution is 7.89. The fourth-order valence-electron chi connectivity index (χ4n) is 3.16. The number of thiazole rings is 1. The number of hydrogen-bond acceptors (Lipinski definition) is 6. The molecule has 0 aliphatic carbocycles. The van der Waals surface area contributed by atoms with Crippen molar-refractivity contribution < 1.29 is 17.9 Å². The Labute approximate surface area is 175 Å². The van der Waals surface area contributed by atoms with Gasteiger partial charge in [0.1, 0.15) is 17.7 Å². The Morgan fingerprint density at radius 1 is 1.14 bits per heavy atom. The fraction of sp³-hybridized carbons (Fsp3) is 0.333. The summed E-state index contributed by atoms with van der Waals surface area (Å²) >= 11 is 1.44. The summed E-state index contributed by atoms with van der Waals surface area (Å²) in [6.45, 7) is 8.77. The SMILES string of the molecule is Cc1cc(C)c(C)c(S(=O)(=O)N[C@H](C)C(=O)OCc2nc3ccccc3s2)c1C. The molecular weight excluding hydrogens is 408 g/mol. The van der Waals surface area contributed by atoms with Crippen LogP contribution in [0.5, 0.6) is 0 Å². The van der Waals surface area contributed by atoms with E-state index in [0.29, 0.717) is 16.1 Å². The summed E-state index contributed by atoms with van der Waals surface area (Å²) in [5.41, 5.74) is 3.98. The molecule has 1 heterocycles. The fourth-order valence-corrected chi connectivity index (χ4v) is 5.85. The summed E-state index contributed by atoms with van der Waals surface area (Å²) in [6, 6.07) is 8.59. The molecular formula is C21H24N2O4S2. The van der Waals surface area contributed by atoms with Crippen molar-refractivity contribution in [2.45, 2.75) is 52.2 Å². The van der Waals surface area contributed by atoms with E-state index in [1.165, 1.54) is 18.3 Å². The van der Waals surface area contributed by atoms with Crippen LogP contribution in [0.2, 0.25) is 0 Å². The average molecular weight is 433 g/mol. The Balaban J connectivity index is 1.72. The van der Waals surface area contributed by atoms with Gasteiger partial charge in [0, 0.05) is 0 Å². The van der Waals surface area contributed by atoms with E-state index in [9.17, 15) is 13.2 Å². The number of rotatable bonds is 6. The van der Waals surface area contributed by atoms with Gasteiger partial charge in [-0.25, -0.2) is 13.4 Å². The van der Waals surface area contributed by atoms with Crippen LogP contribution in [0.4, 0.5) is 0 Å². The number of nitrogens with one attached hydrogen (secondary N) is 1. The van der Waals surface area contributed by atoms with Crippen molar-refractivity contribution in [1.29, 1.82) is 0 Å². The van der Waals surface area contributed by atoms with Gasteiger partial charge in [-0.05, 0) is 69.0 Å². The number of ether oxygens (including phenoxy) is 1. The molecule has 0 spiro atoms. The van der Waals surface area contributed by atoms with Crippen LogP contribution in [0.25, 0.3) is 10.2 Å². The zero-order chi connectivity index (χ0) is 21.3. The summed E-state index contributed by atoms with van der Waals surface area (Å²) in [4.78, 5) is 17.0. The van der Waals surface area contributed by atoms with E-state index in [2.05, 4.69) is 9.71 Å². The first-order valence-electron chi connectivity index (χ1n) is 9.21. The number of carbonyl (C=O) groups excluding carboxylic acids is 1. The van der Waals surface area contributed by atoms with E-state index in [-0.39, 0.29) is 11.5 Å². The van der Waals surface area contributed by atoms with Crippen LogP contribution in [0, 0.1) is 27.7 Å². The largest absolute Gasteiger partial charge is 0.457 e. The van der Waals surface area contributed by atoms with Gasteiger partial charge < -0.3 is 4.74 Å². The lowest BCUT2D eigenvalue weighted by atomic mass is 10.0. The van der Waals surface area contributed by atoms with Crippen molar-refractivity contribution in [2.75, 3.05) is 0 Å². The lowest BCUT2D eigenvalue weighted by Gasteiger charge is -2.18. The molecule has 0 bridgehead atoms. The molecule has 1 atom stereocenters. The highest BCUT2D eigenvalue weighted by atomic mass is 32.2. The molecule has 0 radical (unpaired) electrons. The van der Waals surface area contributed by atoms with Crippen molar-refractivity contribution in [2.24, 2.45) is 0 Å². The summed E-state index contributed by atoms with van der Waals surface area (Å²) in [5.74, 6) is -0.646. The second-order valence-electron chi connectivity index (χ2n) is 7.12. The van der Waals surface area contributed by atoms with Gasteiger partial charge in [-0.3, -0.25) is 4.79 Å². The second kappa shape index (κ2) is 8.22. The molecule has 8 heteroatoms. The molecule has 0 aliphatic heterocycles. The smallest absolute Gasteiger partial charge is 0.324 e. The number of nitrogens with zero attached hydrogens (tertiary/aromatic N) is 1. The highest BCUT2D eigenvalue weighted by Crippen LogP contribution is 2.26. The lowest BCUT2D eigenvalue weighted by molar-refractivity contribution is -0.146. The number of fused-ring (bicyclic) bond motifs is 1. The highest BCUT2D eigenvalue weighted by Gasteiger charge is 2.27. The standard InChI is InChI=1S/C21H24N2O4S2/c1-12-10-13(2)15(4)20(14(12)3)29(25,26)23-16(5)21(24)27-11-19-22-17-8-6-7-9-18(17)28-19/h6-10,16,23H,11H2,1-5H3/t16-/m1/s1. The quantitative estimate of drug-likeness (QED) is 0.596. The van der Waals surface area contributed by atoms with E-state index >= 15 is 0 Å². The molecule has 1 N–H and O–H groups in total. The van der Waals surface area contributed by atoms with Crippen LogP contribution in [-0.2, 0) is 26.2 Å². The average Bonchev–Trinajstić information content (AvgIpc) is 3.07. The summed E-state index contributed by atoms with van der Waals surface area (Å²) in [5, 5.41) is 0.663. The minimum absolute atomic E-state index is 0.00581. The van der Waals surface area contributed by atoms with Crippen LogP contribution < -0.4 is 4.72 Å². The number of sulfonamides is 1. The monoisotopic (exact) mass is 432 g/mol. The van der Waals surface area contributed by atoms with Gasteiger partial charge in [-0.15, -0.1) is 11.3 Å². The first kappa shape index (κ1) is 21.4.